The molecule has 1 unspecified atom stereocenters. The van der Waals surface area contributed by atoms with Crippen LogP contribution < -0.4 is 0 Å². The second-order valence-electron chi connectivity index (χ2n) is 1.53. The van der Waals surface area contributed by atoms with Crippen molar-refractivity contribution in [3.8, 4) is 12.3 Å². The Hall–Kier alpha value is -0.330. The van der Waals surface area contributed by atoms with E-state index in [4.69, 9.17) is 10.9 Å². The smallest absolute Gasteiger partial charge is 0.290 e. The average molecular weight is 178 g/mol. The lowest BCUT2D eigenvalue weighted by atomic mass is 10.8. The van der Waals surface area contributed by atoms with Crippen molar-refractivity contribution in [1.29, 1.82) is 0 Å². The zero-order valence-corrected chi connectivity index (χ0v) is 7.47. The van der Waals surface area contributed by atoms with Gasteiger partial charge in [-0.1, -0.05) is 5.92 Å². The van der Waals surface area contributed by atoms with Gasteiger partial charge in [0.25, 0.3) is 0 Å². The van der Waals surface area contributed by atoms with E-state index in [2.05, 4.69) is 15.0 Å². The molecule has 0 radical (unpaired) electrons. The van der Waals surface area contributed by atoms with Crippen LogP contribution in [0.15, 0.2) is 0 Å². The summed E-state index contributed by atoms with van der Waals surface area (Å²) in [6.07, 6.45) is 4.88. The summed E-state index contributed by atoms with van der Waals surface area (Å²) >= 11 is 0. The Bertz CT molecular complexity index is 184. The minimum atomic E-state index is -3.36. The van der Waals surface area contributed by atoms with E-state index < -0.39 is 7.82 Å². The molecule has 1 atom stereocenters. The molecular weight excluding hydrogens is 167 g/mol. The van der Waals surface area contributed by atoms with Crippen molar-refractivity contribution in [2.24, 2.45) is 0 Å². The van der Waals surface area contributed by atoms with Gasteiger partial charge in [-0.05, 0) is 6.92 Å². The minimum Gasteiger partial charge on any atom is -0.290 e. The molecular formula is C6H11O4P. The molecule has 0 aliphatic rings. The molecule has 0 rings (SSSR count). The fourth-order valence-electron chi connectivity index (χ4n) is 0.417. The first-order valence-corrected chi connectivity index (χ1v) is 4.53. The highest BCUT2D eigenvalue weighted by Gasteiger charge is 2.22. The van der Waals surface area contributed by atoms with Crippen LogP contribution >= 0.6 is 7.82 Å². The third-order valence-electron chi connectivity index (χ3n) is 0.817. The van der Waals surface area contributed by atoms with Gasteiger partial charge in [0.15, 0.2) is 0 Å². The van der Waals surface area contributed by atoms with Crippen LogP contribution in [0.2, 0.25) is 0 Å². The van der Waals surface area contributed by atoms with E-state index in [0.717, 1.165) is 0 Å². The summed E-state index contributed by atoms with van der Waals surface area (Å²) < 4.78 is 25.0. The number of terminal acetylenes is 1. The van der Waals surface area contributed by atoms with Crippen molar-refractivity contribution in [1.82, 2.24) is 0 Å². The van der Waals surface area contributed by atoms with Crippen molar-refractivity contribution >= 4 is 7.82 Å². The van der Waals surface area contributed by atoms with Crippen LogP contribution in [0.5, 0.6) is 0 Å². The third-order valence-corrected chi connectivity index (χ3v) is 2.28. The largest absolute Gasteiger partial charge is 0.475 e. The van der Waals surface area contributed by atoms with E-state index >= 15 is 0 Å². The summed E-state index contributed by atoms with van der Waals surface area (Å²) in [7, 11) is -2.12. The number of hydrogen-bond donors (Lipinski definition) is 0. The zero-order valence-electron chi connectivity index (χ0n) is 6.57. The Labute approximate surface area is 66.5 Å². The van der Waals surface area contributed by atoms with Crippen molar-refractivity contribution in [3.05, 3.63) is 0 Å². The maximum absolute atomic E-state index is 11.2. The summed E-state index contributed by atoms with van der Waals surface area (Å²) in [5, 5.41) is 0. The molecule has 0 aromatic carbocycles. The number of rotatable bonds is 5. The lowest BCUT2D eigenvalue weighted by molar-refractivity contribution is 0.148. The van der Waals surface area contributed by atoms with Crippen LogP contribution in [-0.4, -0.2) is 20.3 Å². The summed E-state index contributed by atoms with van der Waals surface area (Å²) in [6.45, 7) is 1.87. The topological polar surface area (TPSA) is 44.8 Å². The molecule has 64 valence electrons. The fraction of sp³-hybridized carbons (Fsp3) is 0.667. The first-order chi connectivity index (χ1) is 5.18. The molecule has 0 fully saturated rings. The maximum Gasteiger partial charge on any atom is 0.475 e. The molecule has 0 aromatic rings. The molecule has 0 bridgehead atoms. The Balaban J connectivity index is 3.91. The van der Waals surface area contributed by atoms with Gasteiger partial charge in [-0.2, -0.15) is 0 Å². The van der Waals surface area contributed by atoms with Crippen LogP contribution in [0.25, 0.3) is 0 Å². The monoisotopic (exact) mass is 178 g/mol. The van der Waals surface area contributed by atoms with Crippen molar-refractivity contribution in [3.63, 3.8) is 0 Å². The van der Waals surface area contributed by atoms with Gasteiger partial charge < -0.3 is 0 Å². The molecule has 0 amide bonds. The number of phosphoric acid groups is 1. The lowest BCUT2D eigenvalue weighted by Crippen LogP contribution is -1.97. The highest BCUT2D eigenvalue weighted by molar-refractivity contribution is 7.48. The van der Waals surface area contributed by atoms with Gasteiger partial charge in [-0.25, -0.2) is 4.57 Å². The first-order valence-electron chi connectivity index (χ1n) is 3.07. The Kier molecular flexibility index (Phi) is 5.18. The summed E-state index contributed by atoms with van der Waals surface area (Å²) in [4.78, 5) is 0. The Morgan fingerprint density at radius 2 is 2.18 bits per heavy atom. The van der Waals surface area contributed by atoms with Crippen LogP contribution in [0.3, 0.4) is 0 Å². The van der Waals surface area contributed by atoms with Crippen molar-refractivity contribution in [2.45, 2.75) is 6.92 Å². The van der Waals surface area contributed by atoms with Crippen LogP contribution in [0.1, 0.15) is 6.92 Å². The van der Waals surface area contributed by atoms with E-state index in [1.54, 1.807) is 6.92 Å². The van der Waals surface area contributed by atoms with E-state index in [9.17, 15) is 4.57 Å². The van der Waals surface area contributed by atoms with Gasteiger partial charge in [0, 0.05) is 7.11 Å². The Morgan fingerprint density at radius 1 is 1.55 bits per heavy atom. The standard InChI is InChI=1S/C6H11O4P/c1-4-6-10-11(7,8-3)9-5-2/h1H,5-6H2,2-3H3. The summed E-state index contributed by atoms with van der Waals surface area (Å²) in [6, 6.07) is 0. The number of hydrogen-bond acceptors (Lipinski definition) is 4. The number of phosphoric ester groups is 1. The van der Waals surface area contributed by atoms with Gasteiger partial charge in [0.05, 0.1) is 6.61 Å². The van der Waals surface area contributed by atoms with Gasteiger partial charge >= 0.3 is 7.82 Å². The molecule has 0 aliphatic carbocycles. The van der Waals surface area contributed by atoms with Crippen LogP contribution in [-0.2, 0) is 18.1 Å². The van der Waals surface area contributed by atoms with Gasteiger partial charge in [0.2, 0.25) is 0 Å². The maximum atomic E-state index is 11.2. The van der Waals surface area contributed by atoms with E-state index in [0.29, 0.717) is 0 Å². The molecule has 11 heavy (non-hydrogen) atoms. The Morgan fingerprint density at radius 3 is 2.55 bits per heavy atom. The summed E-state index contributed by atoms with van der Waals surface area (Å²) in [5.41, 5.74) is 0. The molecule has 5 heteroatoms. The van der Waals surface area contributed by atoms with Gasteiger partial charge in [-0.15, -0.1) is 6.42 Å². The molecule has 0 spiro atoms. The van der Waals surface area contributed by atoms with Crippen molar-refractivity contribution in [2.75, 3.05) is 20.3 Å². The average Bonchev–Trinajstić information content (AvgIpc) is 2.02. The second kappa shape index (κ2) is 5.34. The summed E-state index contributed by atoms with van der Waals surface area (Å²) in [5.74, 6) is 2.16. The zero-order chi connectivity index (χ0) is 8.74. The normalized spacial score (nSPS) is 15.4. The molecule has 0 N–H and O–H groups in total. The molecule has 0 aliphatic heterocycles. The highest BCUT2D eigenvalue weighted by atomic mass is 31.2. The SMILES string of the molecule is C#CCOP(=O)(OC)OCC. The quantitative estimate of drug-likeness (QED) is 0.471. The van der Waals surface area contributed by atoms with Crippen LogP contribution in [0.4, 0.5) is 0 Å². The molecule has 0 saturated carbocycles. The van der Waals surface area contributed by atoms with Gasteiger partial charge in [-0.3, -0.25) is 13.6 Å². The molecule has 0 saturated heterocycles. The van der Waals surface area contributed by atoms with Crippen molar-refractivity contribution < 1.29 is 18.1 Å². The minimum absolute atomic E-state index is 0.0783. The van der Waals surface area contributed by atoms with Crippen LogP contribution in [0, 0.1) is 12.3 Å². The predicted molar refractivity (Wildman–Crippen MR) is 41.0 cm³/mol. The predicted octanol–water partition coefficient (Wildman–Crippen LogP) is 1.43. The molecule has 0 heterocycles. The fourth-order valence-corrected chi connectivity index (χ4v) is 1.25. The van der Waals surface area contributed by atoms with E-state index in [-0.39, 0.29) is 13.2 Å². The first kappa shape index (κ1) is 10.7. The van der Waals surface area contributed by atoms with E-state index in [1.807, 2.05) is 0 Å². The van der Waals surface area contributed by atoms with Gasteiger partial charge in [0.1, 0.15) is 6.61 Å². The lowest BCUT2D eigenvalue weighted by Gasteiger charge is -2.12. The highest BCUT2D eigenvalue weighted by Crippen LogP contribution is 2.47. The second-order valence-corrected chi connectivity index (χ2v) is 3.30. The van der Waals surface area contributed by atoms with E-state index in [1.165, 1.54) is 7.11 Å². The molecule has 4 nitrogen and oxygen atoms in total. The third kappa shape index (κ3) is 4.18. The molecule has 0 aromatic heterocycles.